The maximum Gasteiger partial charge on any atom is 0.248 e. The van der Waals surface area contributed by atoms with Crippen LogP contribution in [0.5, 0.6) is 0 Å². The van der Waals surface area contributed by atoms with Crippen molar-refractivity contribution in [2.45, 2.75) is 26.4 Å². The maximum absolute atomic E-state index is 11.3. The Morgan fingerprint density at radius 2 is 2.14 bits per heavy atom. The second-order valence-electron chi connectivity index (χ2n) is 5.89. The molecule has 3 nitrogen and oxygen atoms in total. The highest BCUT2D eigenvalue weighted by molar-refractivity contribution is 9.10. The maximum atomic E-state index is 11.3. The number of primary amides is 1. The van der Waals surface area contributed by atoms with Gasteiger partial charge in [-0.3, -0.25) is 9.69 Å². The molecule has 0 aliphatic carbocycles. The van der Waals surface area contributed by atoms with Gasteiger partial charge in [-0.25, -0.2) is 0 Å². The number of nitrogens with two attached hydrogens (primary N) is 1. The van der Waals surface area contributed by atoms with Gasteiger partial charge in [-0.1, -0.05) is 28.1 Å². The van der Waals surface area contributed by atoms with Gasteiger partial charge in [-0.2, -0.15) is 0 Å². The van der Waals surface area contributed by atoms with E-state index in [4.69, 9.17) is 5.73 Å². The highest BCUT2D eigenvalue weighted by Gasteiger charge is 2.18. The van der Waals surface area contributed by atoms with Crippen LogP contribution < -0.4 is 5.73 Å². The highest BCUT2D eigenvalue weighted by atomic mass is 79.9. The number of hydrogen-bond acceptors (Lipinski definition) is 2. The first-order valence-corrected chi connectivity index (χ1v) is 8.21. The summed E-state index contributed by atoms with van der Waals surface area (Å²) in [5.74, 6) is -0.369. The van der Waals surface area contributed by atoms with E-state index in [0.29, 0.717) is 5.56 Å². The minimum Gasteiger partial charge on any atom is -0.366 e. The molecule has 3 rings (SSSR count). The molecule has 0 saturated heterocycles. The summed E-state index contributed by atoms with van der Waals surface area (Å²) in [6.45, 7) is 5.00. The van der Waals surface area contributed by atoms with Crippen molar-refractivity contribution in [3.63, 3.8) is 0 Å². The lowest BCUT2D eigenvalue weighted by Gasteiger charge is -2.30. The third-order valence-corrected chi connectivity index (χ3v) is 4.68. The molecular formula is C18H19BrN2O. The van der Waals surface area contributed by atoms with Gasteiger partial charge in [0.2, 0.25) is 5.91 Å². The largest absolute Gasteiger partial charge is 0.366 e. The topological polar surface area (TPSA) is 46.3 Å². The van der Waals surface area contributed by atoms with Crippen molar-refractivity contribution < 1.29 is 4.79 Å². The number of aryl methyl sites for hydroxylation is 1. The van der Waals surface area contributed by atoms with Crippen LogP contribution in [-0.4, -0.2) is 17.4 Å². The van der Waals surface area contributed by atoms with Gasteiger partial charge >= 0.3 is 0 Å². The molecule has 2 aromatic carbocycles. The molecule has 1 aliphatic heterocycles. The van der Waals surface area contributed by atoms with Crippen molar-refractivity contribution in [3.8, 4) is 0 Å². The summed E-state index contributed by atoms with van der Waals surface area (Å²) in [5, 5.41) is 0. The second kappa shape index (κ2) is 6.23. The van der Waals surface area contributed by atoms with Crippen molar-refractivity contribution >= 4 is 21.8 Å². The zero-order valence-corrected chi connectivity index (χ0v) is 14.2. The van der Waals surface area contributed by atoms with Crippen LogP contribution in [0.4, 0.5) is 0 Å². The molecule has 4 heteroatoms. The molecule has 0 atom stereocenters. The molecule has 0 spiro atoms. The molecule has 2 N–H and O–H groups in total. The van der Waals surface area contributed by atoms with E-state index in [9.17, 15) is 4.79 Å². The molecule has 0 aromatic heterocycles. The number of nitrogens with zero attached hydrogens (tertiary/aromatic N) is 1. The molecule has 0 saturated carbocycles. The fraction of sp³-hybridized carbons (Fsp3) is 0.278. The first-order chi connectivity index (χ1) is 10.5. The number of rotatable bonds is 3. The SMILES string of the molecule is Cc1cc(Br)cc2c1CN(Cc1cccc(C(N)=O)c1)CC2. The molecule has 0 fully saturated rings. The summed E-state index contributed by atoms with van der Waals surface area (Å²) < 4.78 is 1.16. The first-order valence-electron chi connectivity index (χ1n) is 7.42. The van der Waals surface area contributed by atoms with Gasteiger partial charge in [-0.05, 0) is 59.9 Å². The van der Waals surface area contributed by atoms with E-state index in [1.165, 1.54) is 16.7 Å². The Bertz CT molecular complexity index is 727. The smallest absolute Gasteiger partial charge is 0.248 e. The van der Waals surface area contributed by atoms with E-state index >= 15 is 0 Å². The van der Waals surface area contributed by atoms with Crippen LogP contribution in [0.15, 0.2) is 40.9 Å². The standard InChI is InChI=1S/C18H19BrN2O/c1-12-7-16(19)9-14-5-6-21(11-17(12)14)10-13-3-2-4-15(8-13)18(20)22/h2-4,7-9H,5-6,10-11H2,1H3,(H2,20,22). The van der Waals surface area contributed by atoms with Crippen molar-refractivity contribution in [2.24, 2.45) is 5.73 Å². The van der Waals surface area contributed by atoms with Crippen molar-refractivity contribution in [1.82, 2.24) is 4.90 Å². The van der Waals surface area contributed by atoms with Gasteiger partial charge in [0.15, 0.2) is 0 Å². The number of amides is 1. The summed E-state index contributed by atoms with van der Waals surface area (Å²) in [7, 11) is 0. The quantitative estimate of drug-likeness (QED) is 0.913. The van der Waals surface area contributed by atoms with E-state index < -0.39 is 0 Å². The van der Waals surface area contributed by atoms with Gasteiger partial charge in [0.1, 0.15) is 0 Å². The van der Waals surface area contributed by atoms with Crippen LogP contribution >= 0.6 is 15.9 Å². The van der Waals surface area contributed by atoms with Crippen LogP contribution in [0, 0.1) is 6.92 Å². The Morgan fingerprint density at radius 1 is 1.32 bits per heavy atom. The van der Waals surface area contributed by atoms with Gasteiger partial charge in [0, 0.05) is 29.7 Å². The fourth-order valence-corrected chi connectivity index (χ4v) is 3.71. The summed E-state index contributed by atoms with van der Waals surface area (Å²) in [6, 6.07) is 12.0. The third kappa shape index (κ3) is 3.23. The molecule has 0 bridgehead atoms. The van der Waals surface area contributed by atoms with Crippen molar-refractivity contribution in [3.05, 3.63) is 68.7 Å². The van der Waals surface area contributed by atoms with E-state index in [1.54, 1.807) is 6.07 Å². The van der Waals surface area contributed by atoms with E-state index in [2.05, 4.69) is 46.0 Å². The number of hydrogen-bond donors (Lipinski definition) is 1. The Balaban J connectivity index is 1.78. The van der Waals surface area contributed by atoms with Crippen LogP contribution in [0.1, 0.15) is 32.6 Å². The number of halogens is 1. The van der Waals surface area contributed by atoms with Gasteiger partial charge in [-0.15, -0.1) is 0 Å². The molecule has 1 aliphatic rings. The predicted octanol–water partition coefficient (Wildman–Crippen LogP) is 3.41. The monoisotopic (exact) mass is 358 g/mol. The molecular weight excluding hydrogens is 340 g/mol. The number of carbonyl (C=O) groups excluding carboxylic acids is 1. The Labute approximate surface area is 139 Å². The normalized spacial score (nSPS) is 14.6. The molecule has 2 aromatic rings. The van der Waals surface area contributed by atoms with Crippen LogP contribution in [-0.2, 0) is 19.5 Å². The molecule has 22 heavy (non-hydrogen) atoms. The Morgan fingerprint density at radius 3 is 2.91 bits per heavy atom. The van der Waals surface area contributed by atoms with Crippen LogP contribution in [0.3, 0.4) is 0 Å². The molecule has 1 amide bonds. The molecule has 114 valence electrons. The summed E-state index contributed by atoms with van der Waals surface area (Å²) in [5.41, 5.74) is 11.3. The van der Waals surface area contributed by atoms with Crippen molar-refractivity contribution in [1.29, 1.82) is 0 Å². The van der Waals surface area contributed by atoms with Gasteiger partial charge < -0.3 is 5.73 Å². The molecule has 0 unspecified atom stereocenters. The van der Waals surface area contributed by atoms with Crippen LogP contribution in [0.25, 0.3) is 0 Å². The fourth-order valence-electron chi connectivity index (χ4n) is 3.09. The predicted molar refractivity (Wildman–Crippen MR) is 91.7 cm³/mol. The zero-order chi connectivity index (χ0) is 15.7. The first kappa shape index (κ1) is 15.3. The summed E-state index contributed by atoms with van der Waals surface area (Å²) in [6.07, 6.45) is 1.06. The molecule has 1 heterocycles. The average molecular weight is 359 g/mol. The number of benzene rings is 2. The van der Waals surface area contributed by atoms with Crippen molar-refractivity contribution in [2.75, 3.05) is 6.54 Å². The van der Waals surface area contributed by atoms with E-state index in [0.717, 1.165) is 36.1 Å². The minimum atomic E-state index is -0.369. The third-order valence-electron chi connectivity index (χ3n) is 4.23. The summed E-state index contributed by atoms with van der Waals surface area (Å²) >= 11 is 3.57. The van der Waals surface area contributed by atoms with Crippen LogP contribution in [0.2, 0.25) is 0 Å². The Kier molecular flexibility index (Phi) is 4.32. The highest BCUT2D eigenvalue weighted by Crippen LogP contribution is 2.27. The zero-order valence-electron chi connectivity index (χ0n) is 12.6. The Hall–Kier alpha value is -1.65. The average Bonchev–Trinajstić information content (AvgIpc) is 2.48. The number of carbonyl (C=O) groups is 1. The van der Waals surface area contributed by atoms with E-state index in [-0.39, 0.29) is 5.91 Å². The second-order valence-corrected chi connectivity index (χ2v) is 6.80. The lowest BCUT2D eigenvalue weighted by molar-refractivity contribution is 0.1000. The lowest BCUT2D eigenvalue weighted by atomic mass is 9.95. The molecule has 0 radical (unpaired) electrons. The minimum absolute atomic E-state index is 0.369. The number of fused-ring (bicyclic) bond motifs is 1. The van der Waals surface area contributed by atoms with Gasteiger partial charge in [0.25, 0.3) is 0 Å². The lowest BCUT2D eigenvalue weighted by Crippen LogP contribution is -2.30. The van der Waals surface area contributed by atoms with Gasteiger partial charge in [0.05, 0.1) is 0 Å². The summed E-state index contributed by atoms with van der Waals surface area (Å²) in [4.78, 5) is 13.7. The van der Waals surface area contributed by atoms with E-state index in [1.807, 2.05) is 12.1 Å².